The highest BCUT2D eigenvalue weighted by atomic mass is 16.6. The molecule has 0 unspecified atom stereocenters. The Morgan fingerprint density at radius 2 is 2.16 bits per heavy atom. The van der Waals surface area contributed by atoms with Crippen molar-refractivity contribution in [2.24, 2.45) is 0 Å². The Morgan fingerprint density at radius 3 is 2.79 bits per heavy atom. The number of nitrogens with zero attached hydrogens (tertiary/aromatic N) is 3. The maximum absolute atomic E-state index is 11.0. The molecule has 1 aromatic rings. The van der Waals surface area contributed by atoms with Gasteiger partial charge in [0.2, 0.25) is 0 Å². The molecule has 1 aliphatic heterocycles. The highest BCUT2D eigenvalue weighted by Gasteiger charge is 2.15. The van der Waals surface area contributed by atoms with Crippen LogP contribution in [0.3, 0.4) is 0 Å². The van der Waals surface area contributed by atoms with Gasteiger partial charge in [0.15, 0.2) is 0 Å². The Kier molecular flexibility index (Phi) is 4.31. The quantitative estimate of drug-likeness (QED) is 0.646. The van der Waals surface area contributed by atoms with E-state index in [9.17, 15) is 10.1 Å². The average Bonchev–Trinajstić information content (AvgIpc) is 2.92. The van der Waals surface area contributed by atoms with Gasteiger partial charge in [0.1, 0.15) is 5.69 Å². The van der Waals surface area contributed by atoms with E-state index in [1.54, 1.807) is 12.1 Å². The molecule has 1 aliphatic rings. The van der Waals surface area contributed by atoms with Gasteiger partial charge in [-0.1, -0.05) is 0 Å². The number of hydrogen-bond donors (Lipinski definition) is 1. The van der Waals surface area contributed by atoms with Gasteiger partial charge in [0.05, 0.1) is 16.6 Å². The summed E-state index contributed by atoms with van der Waals surface area (Å²) in [7, 11) is 0. The summed E-state index contributed by atoms with van der Waals surface area (Å²) in [5.41, 5.74) is 0.737. The molecule has 0 aliphatic carbocycles. The van der Waals surface area contributed by atoms with Crippen molar-refractivity contribution in [3.05, 3.63) is 33.9 Å². The number of rotatable bonds is 5. The van der Waals surface area contributed by atoms with Crippen LogP contribution in [0.4, 0.5) is 11.4 Å². The molecular formula is C13H16N4O2. The fraction of sp³-hybridized carbons (Fsp3) is 0.462. The lowest BCUT2D eigenvalue weighted by Crippen LogP contribution is -2.26. The largest absolute Gasteiger partial charge is 0.378 e. The van der Waals surface area contributed by atoms with Gasteiger partial charge < -0.3 is 10.2 Å². The summed E-state index contributed by atoms with van der Waals surface area (Å²) in [6.07, 6.45) is 2.47. The molecule has 0 radical (unpaired) electrons. The SMILES string of the molecule is N#Cc1ccc(NCCN2CCCC2)c([N+](=O)[O-])c1. The molecule has 0 saturated carbocycles. The third-order valence-electron chi connectivity index (χ3n) is 3.27. The third kappa shape index (κ3) is 3.42. The van der Waals surface area contributed by atoms with Crippen molar-refractivity contribution in [3.63, 3.8) is 0 Å². The molecule has 0 spiro atoms. The first-order chi connectivity index (χ1) is 9.20. The van der Waals surface area contributed by atoms with Gasteiger partial charge in [-0.3, -0.25) is 10.1 Å². The Bertz CT molecular complexity index is 504. The summed E-state index contributed by atoms with van der Waals surface area (Å²) >= 11 is 0. The van der Waals surface area contributed by atoms with Gasteiger partial charge in [-0.25, -0.2) is 0 Å². The number of nitro groups is 1. The second kappa shape index (κ2) is 6.16. The summed E-state index contributed by atoms with van der Waals surface area (Å²) in [5, 5.41) is 22.8. The van der Waals surface area contributed by atoms with Crippen LogP contribution in [0.5, 0.6) is 0 Å². The highest BCUT2D eigenvalue weighted by molar-refractivity contribution is 5.64. The summed E-state index contributed by atoms with van der Waals surface area (Å²) in [4.78, 5) is 12.8. The molecule has 0 aromatic heterocycles. The van der Waals surface area contributed by atoms with Crippen molar-refractivity contribution in [2.75, 3.05) is 31.5 Å². The smallest absolute Gasteiger partial charge is 0.293 e. The molecule has 1 N–H and O–H groups in total. The van der Waals surface area contributed by atoms with E-state index in [1.807, 2.05) is 6.07 Å². The second-order valence-electron chi connectivity index (χ2n) is 4.58. The van der Waals surface area contributed by atoms with Crippen LogP contribution in [0.15, 0.2) is 18.2 Å². The van der Waals surface area contributed by atoms with Crippen LogP contribution in [-0.2, 0) is 0 Å². The molecule has 1 heterocycles. The predicted octanol–water partition coefficient (Wildman–Crippen LogP) is 1.97. The van der Waals surface area contributed by atoms with Crippen LogP contribution >= 0.6 is 0 Å². The monoisotopic (exact) mass is 260 g/mol. The summed E-state index contributed by atoms with van der Waals surface area (Å²) < 4.78 is 0. The first kappa shape index (κ1) is 13.3. The number of anilines is 1. The van der Waals surface area contributed by atoms with Crippen molar-refractivity contribution in [3.8, 4) is 6.07 Å². The molecule has 6 nitrogen and oxygen atoms in total. The molecule has 0 bridgehead atoms. The number of likely N-dealkylation sites (tertiary alicyclic amines) is 1. The van der Waals surface area contributed by atoms with Gasteiger partial charge in [-0.2, -0.15) is 5.26 Å². The van der Waals surface area contributed by atoms with Gasteiger partial charge in [0.25, 0.3) is 5.69 Å². The Hall–Kier alpha value is -2.13. The van der Waals surface area contributed by atoms with Crippen molar-refractivity contribution in [1.29, 1.82) is 5.26 Å². The minimum Gasteiger partial charge on any atom is -0.378 e. The van der Waals surface area contributed by atoms with Crippen molar-refractivity contribution in [2.45, 2.75) is 12.8 Å². The first-order valence-electron chi connectivity index (χ1n) is 6.35. The van der Waals surface area contributed by atoms with Crippen molar-refractivity contribution < 1.29 is 4.92 Å². The zero-order valence-electron chi connectivity index (χ0n) is 10.6. The minimum atomic E-state index is -0.459. The number of hydrogen-bond acceptors (Lipinski definition) is 5. The number of nitriles is 1. The van der Waals surface area contributed by atoms with Gasteiger partial charge in [0, 0.05) is 19.2 Å². The van der Waals surface area contributed by atoms with Crippen LogP contribution in [0.25, 0.3) is 0 Å². The van der Waals surface area contributed by atoms with Crippen LogP contribution in [0, 0.1) is 21.4 Å². The molecule has 1 aromatic carbocycles. The molecule has 100 valence electrons. The van der Waals surface area contributed by atoms with E-state index >= 15 is 0 Å². The minimum absolute atomic E-state index is 0.0412. The number of nitrogens with one attached hydrogen (secondary N) is 1. The Balaban J connectivity index is 1.98. The molecule has 0 atom stereocenters. The first-order valence-corrected chi connectivity index (χ1v) is 6.35. The molecule has 1 saturated heterocycles. The van der Waals surface area contributed by atoms with Crippen LogP contribution in [-0.4, -0.2) is 36.0 Å². The van der Waals surface area contributed by atoms with Crippen LogP contribution in [0.1, 0.15) is 18.4 Å². The maximum atomic E-state index is 11.0. The maximum Gasteiger partial charge on any atom is 0.293 e. The third-order valence-corrected chi connectivity index (χ3v) is 3.27. The van der Waals surface area contributed by atoms with E-state index in [1.165, 1.54) is 18.9 Å². The molecule has 2 rings (SSSR count). The van der Waals surface area contributed by atoms with Crippen molar-refractivity contribution in [1.82, 2.24) is 4.90 Å². The Morgan fingerprint density at radius 1 is 1.42 bits per heavy atom. The fourth-order valence-corrected chi connectivity index (χ4v) is 2.26. The van der Waals surface area contributed by atoms with Crippen LogP contribution < -0.4 is 5.32 Å². The zero-order chi connectivity index (χ0) is 13.7. The van der Waals surface area contributed by atoms with Crippen LogP contribution in [0.2, 0.25) is 0 Å². The van der Waals surface area contributed by atoms with E-state index in [0.717, 1.165) is 19.6 Å². The lowest BCUT2D eigenvalue weighted by atomic mass is 10.2. The summed E-state index contributed by atoms with van der Waals surface area (Å²) in [6, 6.07) is 6.40. The molecule has 1 fully saturated rings. The van der Waals surface area contributed by atoms with E-state index in [2.05, 4.69) is 10.2 Å². The normalized spacial score (nSPS) is 15.1. The average molecular weight is 260 g/mol. The molecule has 19 heavy (non-hydrogen) atoms. The Labute approximate surface area is 111 Å². The summed E-state index contributed by atoms with van der Waals surface area (Å²) in [5.74, 6) is 0. The molecular weight excluding hydrogens is 244 g/mol. The van der Waals surface area contributed by atoms with E-state index in [0.29, 0.717) is 17.8 Å². The highest BCUT2D eigenvalue weighted by Crippen LogP contribution is 2.25. The lowest BCUT2D eigenvalue weighted by Gasteiger charge is -2.15. The molecule has 6 heteroatoms. The van der Waals surface area contributed by atoms with Gasteiger partial charge >= 0.3 is 0 Å². The second-order valence-corrected chi connectivity index (χ2v) is 4.58. The van der Waals surface area contributed by atoms with E-state index in [4.69, 9.17) is 5.26 Å². The number of benzene rings is 1. The summed E-state index contributed by atoms with van der Waals surface area (Å²) in [6.45, 7) is 3.78. The predicted molar refractivity (Wildman–Crippen MR) is 72.0 cm³/mol. The fourth-order valence-electron chi connectivity index (χ4n) is 2.26. The lowest BCUT2D eigenvalue weighted by molar-refractivity contribution is -0.384. The van der Waals surface area contributed by atoms with E-state index in [-0.39, 0.29) is 5.69 Å². The molecule has 0 amide bonds. The zero-order valence-corrected chi connectivity index (χ0v) is 10.6. The topological polar surface area (TPSA) is 82.2 Å². The van der Waals surface area contributed by atoms with Crippen molar-refractivity contribution >= 4 is 11.4 Å². The van der Waals surface area contributed by atoms with Gasteiger partial charge in [-0.05, 0) is 38.1 Å². The number of nitro benzene ring substituents is 1. The van der Waals surface area contributed by atoms with E-state index < -0.39 is 4.92 Å². The standard InChI is InChI=1S/C13H16N4O2/c14-10-11-3-4-12(13(9-11)17(18)19)15-5-8-16-6-1-2-7-16/h3-4,9,15H,1-2,5-8H2. The van der Waals surface area contributed by atoms with Gasteiger partial charge in [-0.15, -0.1) is 0 Å².